The molecule has 0 aliphatic heterocycles. The number of carboxylic acids is 1. The quantitative estimate of drug-likeness (QED) is 0.592. The van der Waals surface area contributed by atoms with Gasteiger partial charge in [0.05, 0.1) is 13.1 Å². The molecule has 0 saturated carbocycles. The smallest absolute Gasteiger partial charge is 0.317 e. The highest BCUT2D eigenvalue weighted by Crippen LogP contribution is 2.07. The number of nitrogens with zero attached hydrogens (tertiary/aromatic N) is 1. The number of amides is 2. The van der Waals surface area contributed by atoms with Crippen LogP contribution in [0.3, 0.4) is 0 Å². The summed E-state index contributed by atoms with van der Waals surface area (Å²) >= 11 is 0. The van der Waals surface area contributed by atoms with E-state index in [1.54, 1.807) is 24.3 Å². The molecule has 0 aliphatic carbocycles. The number of carboxylic acid groups (broad SMARTS) is 1. The molecule has 19 heavy (non-hydrogen) atoms. The van der Waals surface area contributed by atoms with E-state index in [0.717, 1.165) is 5.56 Å². The van der Waals surface area contributed by atoms with E-state index >= 15 is 0 Å². The Hall–Kier alpha value is -2.41. The van der Waals surface area contributed by atoms with E-state index < -0.39 is 17.8 Å². The maximum Gasteiger partial charge on any atom is 0.317 e. The summed E-state index contributed by atoms with van der Waals surface area (Å²) in [6.07, 6.45) is 0. The van der Waals surface area contributed by atoms with Crippen molar-refractivity contribution >= 4 is 17.8 Å². The predicted molar refractivity (Wildman–Crippen MR) is 67.1 cm³/mol. The fourth-order valence-corrected chi connectivity index (χ4v) is 1.61. The molecular formula is C12H15N3O4. The molecule has 0 radical (unpaired) electrons. The standard InChI is InChI=1S/C12H15N3O4/c13-10(16)6-15(7-11(17)18)5-8-1-3-9(4-2-8)12(14)19/h1-4H,5-7H2,(H2,13,16)(H2,14,19)(H,17,18). The third-order valence-electron chi connectivity index (χ3n) is 2.38. The highest BCUT2D eigenvalue weighted by molar-refractivity contribution is 5.92. The van der Waals surface area contributed by atoms with Gasteiger partial charge in [-0.15, -0.1) is 0 Å². The van der Waals surface area contributed by atoms with Gasteiger partial charge in [0.25, 0.3) is 0 Å². The summed E-state index contributed by atoms with van der Waals surface area (Å²) < 4.78 is 0. The third-order valence-corrected chi connectivity index (χ3v) is 2.38. The lowest BCUT2D eigenvalue weighted by molar-refractivity contribution is -0.138. The highest BCUT2D eigenvalue weighted by atomic mass is 16.4. The van der Waals surface area contributed by atoms with Crippen LogP contribution in [0.5, 0.6) is 0 Å². The molecule has 0 fully saturated rings. The topological polar surface area (TPSA) is 127 Å². The molecule has 1 aromatic rings. The summed E-state index contributed by atoms with van der Waals surface area (Å²) in [5.74, 6) is -2.18. The zero-order valence-electron chi connectivity index (χ0n) is 10.2. The van der Waals surface area contributed by atoms with E-state index in [4.69, 9.17) is 16.6 Å². The zero-order valence-corrected chi connectivity index (χ0v) is 10.2. The number of benzene rings is 1. The SMILES string of the molecule is NC(=O)CN(CC(=O)O)Cc1ccc(C(N)=O)cc1. The van der Waals surface area contributed by atoms with Gasteiger partial charge < -0.3 is 16.6 Å². The van der Waals surface area contributed by atoms with Crippen LogP contribution in [-0.2, 0) is 16.1 Å². The van der Waals surface area contributed by atoms with Crippen LogP contribution in [0.2, 0.25) is 0 Å². The molecule has 1 aromatic carbocycles. The van der Waals surface area contributed by atoms with Gasteiger partial charge >= 0.3 is 5.97 Å². The zero-order chi connectivity index (χ0) is 14.4. The molecule has 0 aliphatic rings. The van der Waals surface area contributed by atoms with Gasteiger partial charge in [0.2, 0.25) is 11.8 Å². The molecular weight excluding hydrogens is 250 g/mol. The normalized spacial score (nSPS) is 10.4. The molecule has 5 N–H and O–H groups in total. The van der Waals surface area contributed by atoms with Gasteiger partial charge in [0, 0.05) is 12.1 Å². The summed E-state index contributed by atoms with van der Waals surface area (Å²) in [6.45, 7) is -0.196. The predicted octanol–water partition coefficient (Wildman–Crippen LogP) is -0.843. The van der Waals surface area contributed by atoms with Crippen LogP contribution in [0.15, 0.2) is 24.3 Å². The first kappa shape index (κ1) is 14.7. The summed E-state index contributed by atoms with van der Waals surface area (Å²) in [5, 5.41) is 8.74. The third kappa shape index (κ3) is 5.17. The molecule has 0 saturated heterocycles. The van der Waals surface area contributed by atoms with Crippen molar-refractivity contribution in [3.63, 3.8) is 0 Å². The molecule has 0 bridgehead atoms. The fraction of sp³-hybridized carbons (Fsp3) is 0.250. The van der Waals surface area contributed by atoms with Crippen LogP contribution in [0, 0.1) is 0 Å². The Morgan fingerprint density at radius 2 is 1.63 bits per heavy atom. The van der Waals surface area contributed by atoms with Gasteiger partial charge in [0.15, 0.2) is 0 Å². The van der Waals surface area contributed by atoms with E-state index in [0.29, 0.717) is 5.56 Å². The largest absolute Gasteiger partial charge is 0.480 e. The van der Waals surface area contributed by atoms with Crippen molar-refractivity contribution in [2.75, 3.05) is 13.1 Å². The second kappa shape index (κ2) is 6.50. The van der Waals surface area contributed by atoms with Crippen LogP contribution >= 0.6 is 0 Å². The van der Waals surface area contributed by atoms with Gasteiger partial charge in [0.1, 0.15) is 0 Å². The van der Waals surface area contributed by atoms with E-state index in [2.05, 4.69) is 0 Å². The van der Waals surface area contributed by atoms with Crippen molar-refractivity contribution in [2.24, 2.45) is 11.5 Å². The summed E-state index contributed by atoms with van der Waals surface area (Å²) in [7, 11) is 0. The molecule has 0 spiro atoms. The van der Waals surface area contributed by atoms with Crippen LogP contribution in [0.25, 0.3) is 0 Å². The van der Waals surface area contributed by atoms with Crippen LogP contribution in [-0.4, -0.2) is 40.9 Å². The average molecular weight is 265 g/mol. The number of carbonyl (C=O) groups excluding carboxylic acids is 2. The monoisotopic (exact) mass is 265 g/mol. The first-order chi connectivity index (χ1) is 8.88. The Kier molecular flexibility index (Phi) is 5.01. The van der Waals surface area contributed by atoms with Gasteiger partial charge in [-0.05, 0) is 17.7 Å². The second-order valence-electron chi connectivity index (χ2n) is 4.07. The molecule has 2 amide bonds. The summed E-state index contributed by atoms with van der Waals surface area (Å²) in [5.41, 5.74) is 11.3. The van der Waals surface area contributed by atoms with E-state index in [9.17, 15) is 14.4 Å². The van der Waals surface area contributed by atoms with Crippen LogP contribution < -0.4 is 11.5 Å². The second-order valence-corrected chi connectivity index (χ2v) is 4.07. The Labute approximate surface area is 109 Å². The minimum atomic E-state index is -1.05. The van der Waals surface area contributed by atoms with Crippen molar-refractivity contribution in [1.82, 2.24) is 4.90 Å². The van der Waals surface area contributed by atoms with Crippen LogP contribution in [0.4, 0.5) is 0 Å². The van der Waals surface area contributed by atoms with Crippen molar-refractivity contribution < 1.29 is 19.5 Å². The maximum atomic E-state index is 10.9. The number of carbonyl (C=O) groups is 3. The first-order valence-corrected chi connectivity index (χ1v) is 5.49. The first-order valence-electron chi connectivity index (χ1n) is 5.49. The lowest BCUT2D eigenvalue weighted by Crippen LogP contribution is -2.36. The average Bonchev–Trinajstić information content (AvgIpc) is 2.27. The lowest BCUT2D eigenvalue weighted by Gasteiger charge is -2.18. The van der Waals surface area contributed by atoms with E-state index in [-0.39, 0.29) is 19.6 Å². The lowest BCUT2D eigenvalue weighted by atomic mass is 10.1. The number of nitrogens with two attached hydrogens (primary N) is 2. The molecule has 7 nitrogen and oxygen atoms in total. The number of aliphatic carboxylic acids is 1. The number of primary amides is 2. The molecule has 0 atom stereocenters. The Morgan fingerprint density at radius 1 is 1.05 bits per heavy atom. The molecule has 7 heteroatoms. The molecule has 102 valence electrons. The summed E-state index contributed by atoms with van der Waals surface area (Å²) in [6, 6.07) is 6.38. The minimum absolute atomic E-state index is 0.149. The number of hydrogen-bond donors (Lipinski definition) is 3. The van der Waals surface area contributed by atoms with Crippen LogP contribution in [0.1, 0.15) is 15.9 Å². The molecule has 0 heterocycles. The van der Waals surface area contributed by atoms with Crippen molar-refractivity contribution in [1.29, 1.82) is 0 Å². The fourth-order valence-electron chi connectivity index (χ4n) is 1.61. The number of hydrogen-bond acceptors (Lipinski definition) is 4. The van der Waals surface area contributed by atoms with Crippen molar-refractivity contribution in [2.45, 2.75) is 6.54 Å². The molecule has 1 rings (SSSR count). The maximum absolute atomic E-state index is 10.9. The Morgan fingerprint density at radius 3 is 2.05 bits per heavy atom. The van der Waals surface area contributed by atoms with Gasteiger partial charge in [-0.2, -0.15) is 0 Å². The number of rotatable bonds is 7. The van der Waals surface area contributed by atoms with Crippen molar-refractivity contribution in [3.8, 4) is 0 Å². The highest BCUT2D eigenvalue weighted by Gasteiger charge is 2.13. The van der Waals surface area contributed by atoms with Crippen molar-refractivity contribution in [3.05, 3.63) is 35.4 Å². The molecule has 0 unspecified atom stereocenters. The van der Waals surface area contributed by atoms with E-state index in [1.165, 1.54) is 4.90 Å². The van der Waals surface area contributed by atoms with E-state index in [1.807, 2.05) is 0 Å². The van der Waals surface area contributed by atoms with Gasteiger partial charge in [-0.1, -0.05) is 12.1 Å². The summed E-state index contributed by atoms with van der Waals surface area (Å²) in [4.78, 5) is 33.8. The Bertz CT molecular complexity index is 468. The Balaban J connectivity index is 2.74. The minimum Gasteiger partial charge on any atom is -0.480 e. The van der Waals surface area contributed by atoms with Gasteiger partial charge in [-0.3, -0.25) is 19.3 Å². The molecule has 0 aromatic heterocycles. The van der Waals surface area contributed by atoms with Gasteiger partial charge in [-0.25, -0.2) is 0 Å².